The van der Waals surface area contributed by atoms with Gasteiger partial charge in [0.25, 0.3) is 5.91 Å². The van der Waals surface area contributed by atoms with Crippen LogP contribution in [0.1, 0.15) is 39.5 Å². The number of carbonyl (C=O) groups excluding carboxylic acids is 1. The van der Waals surface area contributed by atoms with E-state index in [4.69, 9.17) is 14.7 Å². The van der Waals surface area contributed by atoms with Crippen molar-refractivity contribution in [2.45, 2.75) is 20.5 Å². The predicted molar refractivity (Wildman–Crippen MR) is 127 cm³/mol. The van der Waals surface area contributed by atoms with Crippen LogP contribution in [-0.2, 0) is 6.61 Å². The first-order chi connectivity index (χ1) is 15.9. The van der Waals surface area contributed by atoms with Crippen LogP contribution in [0.25, 0.3) is 0 Å². The second-order valence-corrected chi connectivity index (χ2v) is 7.90. The Morgan fingerprint density at radius 3 is 2.73 bits per heavy atom. The number of hydrogen-bond acceptors (Lipinski definition) is 5. The summed E-state index contributed by atoms with van der Waals surface area (Å²) < 4.78 is 26.4. The molecule has 3 aromatic carbocycles. The van der Waals surface area contributed by atoms with E-state index >= 15 is 0 Å². The molecule has 1 amide bonds. The summed E-state index contributed by atoms with van der Waals surface area (Å²) in [4.78, 5) is 12.2. The lowest BCUT2D eigenvalue weighted by atomic mass is 10.1. The van der Waals surface area contributed by atoms with Crippen molar-refractivity contribution in [1.82, 2.24) is 5.43 Å². The molecule has 8 heteroatoms. The number of amides is 1. The summed E-state index contributed by atoms with van der Waals surface area (Å²) in [6, 6.07) is 17.0. The molecule has 0 aliphatic rings. The number of rotatable bonds is 8. The average molecular weight is 510 g/mol. The molecular weight excluding hydrogens is 489 g/mol. The third-order valence-corrected chi connectivity index (χ3v) is 5.11. The minimum absolute atomic E-state index is 0.130. The zero-order chi connectivity index (χ0) is 23.8. The maximum absolute atomic E-state index is 14.0. The van der Waals surface area contributed by atoms with Crippen LogP contribution in [0.15, 0.2) is 64.2 Å². The highest BCUT2D eigenvalue weighted by Crippen LogP contribution is 2.37. The molecule has 1 N–H and O–H groups in total. The number of aryl methyl sites for hydroxylation is 1. The summed E-state index contributed by atoms with van der Waals surface area (Å²) in [6.45, 7) is 4.70. The van der Waals surface area contributed by atoms with Crippen molar-refractivity contribution in [3.05, 3.63) is 92.7 Å². The van der Waals surface area contributed by atoms with E-state index in [1.807, 2.05) is 38.1 Å². The number of carbonyl (C=O) groups is 1. The first kappa shape index (κ1) is 24.0. The van der Waals surface area contributed by atoms with Gasteiger partial charge >= 0.3 is 0 Å². The van der Waals surface area contributed by atoms with E-state index in [0.29, 0.717) is 34.7 Å². The van der Waals surface area contributed by atoms with Crippen LogP contribution >= 0.6 is 15.9 Å². The Labute approximate surface area is 199 Å². The van der Waals surface area contributed by atoms with E-state index in [9.17, 15) is 9.18 Å². The smallest absolute Gasteiger partial charge is 0.274 e. The fourth-order valence-corrected chi connectivity index (χ4v) is 3.59. The Hall–Kier alpha value is -3.70. The topological polar surface area (TPSA) is 83.7 Å². The predicted octanol–water partition coefficient (Wildman–Crippen LogP) is 5.51. The second kappa shape index (κ2) is 11.2. The van der Waals surface area contributed by atoms with Crippen molar-refractivity contribution in [3.63, 3.8) is 0 Å². The highest BCUT2D eigenvalue weighted by Gasteiger charge is 2.14. The van der Waals surface area contributed by atoms with Gasteiger partial charge in [0.1, 0.15) is 12.4 Å². The summed E-state index contributed by atoms with van der Waals surface area (Å²) in [7, 11) is 0. The molecule has 0 saturated heterocycles. The van der Waals surface area contributed by atoms with Crippen LogP contribution in [0, 0.1) is 24.1 Å². The molecule has 0 aliphatic carbocycles. The summed E-state index contributed by atoms with van der Waals surface area (Å²) in [5.41, 5.74) is 5.02. The monoisotopic (exact) mass is 509 g/mol. The minimum Gasteiger partial charge on any atom is -0.490 e. The van der Waals surface area contributed by atoms with Crippen molar-refractivity contribution in [1.29, 1.82) is 5.26 Å². The molecule has 0 bridgehead atoms. The lowest BCUT2D eigenvalue weighted by molar-refractivity contribution is 0.0951. The molecule has 0 radical (unpaired) electrons. The van der Waals surface area contributed by atoms with Gasteiger partial charge in [-0.15, -0.1) is 0 Å². The number of hydrogen-bond donors (Lipinski definition) is 1. The Kier molecular flexibility index (Phi) is 8.17. The van der Waals surface area contributed by atoms with Crippen LogP contribution in [0.5, 0.6) is 11.5 Å². The molecule has 0 atom stereocenters. The van der Waals surface area contributed by atoms with Gasteiger partial charge < -0.3 is 9.47 Å². The van der Waals surface area contributed by atoms with E-state index in [1.54, 1.807) is 12.1 Å². The second-order valence-electron chi connectivity index (χ2n) is 7.05. The molecule has 0 fully saturated rings. The SMILES string of the molecule is CCOc1cc(/C=N\NC(=O)c2ccc(C#N)cc2F)cc(Br)c1OCc1cccc(C)c1. The van der Waals surface area contributed by atoms with Gasteiger partial charge in [-0.2, -0.15) is 10.4 Å². The maximum atomic E-state index is 14.0. The Morgan fingerprint density at radius 1 is 1.21 bits per heavy atom. The fourth-order valence-electron chi connectivity index (χ4n) is 3.02. The zero-order valence-corrected chi connectivity index (χ0v) is 19.6. The zero-order valence-electron chi connectivity index (χ0n) is 18.1. The minimum atomic E-state index is -0.793. The molecule has 0 aromatic heterocycles. The van der Waals surface area contributed by atoms with Crippen LogP contribution < -0.4 is 14.9 Å². The van der Waals surface area contributed by atoms with Gasteiger partial charge in [0, 0.05) is 0 Å². The lowest BCUT2D eigenvalue weighted by Gasteiger charge is -2.15. The fraction of sp³-hybridized carbons (Fsp3) is 0.160. The van der Waals surface area contributed by atoms with Gasteiger partial charge in [-0.05, 0) is 71.2 Å². The summed E-state index contributed by atoms with van der Waals surface area (Å²) >= 11 is 3.51. The van der Waals surface area contributed by atoms with Crippen LogP contribution in [0.2, 0.25) is 0 Å². The molecule has 0 spiro atoms. The first-order valence-corrected chi connectivity index (χ1v) is 10.9. The van der Waals surface area contributed by atoms with Crippen molar-refractivity contribution in [2.75, 3.05) is 6.61 Å². The van der Waals surface area contributed by atoms with Crippen molar-refractivity contribution < 1.29 is 18.7 Å². The van der Waals surface area contributed by atoms with Gasteiger partial charge in [-0.3, -0.25) is 4.79 Å². The third kappa shape index (κ3) is 6.40. The van der Waals surface area contributed by atoms with Gasteiger partial charge in [0.15, 0.2) is 11.5 Å². The van der Waals surface area contributed by atoms with Crippen molar-refractivity contribution in [3.8, 4) is 17.6 Å². The number of benzene rings is 3. The lowest BCUT2D eigenvalue weighted by Crippen LogP contribution is -2.19. The highest BCUT2D eigenvalue weighted by molar-refractivity contribution is 9.10. The normalized spacial score (nSPS) is 10.6. The van der Waals surface area contributed by atoms with E-state index in [-0.39, 0.29) is 11.1 Å². The van der Waals surface area contributed by atoms with Gasteiger partial charge in [0.05, 0.1) is 34.5 Å². The van der Waals surface area contributed by atoms with E-state index in [2.05, 4.69) is 32.5 Å². The number of nitrogens with zero attached hydrogens (tertiary/aromatic N) is 2. The van der Waals surface area contributed by atoms with E-state index < -0.39 is 11.7 Å². The van der Waals surface area contributed by atoms with Crippen LogP contribution in [-0.4, -0.2) is 18.7 Å². The number of ether oxygens (including phenoxy) is 2. The van der Waals surface area contributed by atoms with Crippen LogP contribution in [0.4, 0.5) is 4.39 Å². The Bertz CT molecular complexity index is 1240. The van der Waals surface area contributed by atoms with Gasteiger partial charge in [-0.1, -0.05) is 29.8 Å². The molecule has 3 aromatic rings. The molecule has 6 nitrogen and oxygen atoms in total. The molecule has 3 rings (SSSR count). The Balaban J connectivity index is 1.73. The quantitative estimate of drug-likeness (QED) is 0.320. The van der Waals surface area contributed by atoms with E-state index in [1.165, 1.54) is 18.3 Å². The summed E-state index contributed by atoms with van der Waals surface area (Å²) in [5, 5.41) is 12.7. The van der Waals surface area contributed by atoms with Gasteiger partial charge in [-0.25, -0.2) is 9.82 Å². The average Bonchev–Trinajstić information content (AvgIpc) is 2.78. The maximum Gasteiger partial charge on any atom is 0.274 e. The highest BCUT2D eigenvalue weighted by atomic mass is 79.9. The summed E-state index contributed by atoms with van der Waals surface area (Å²) in [5.74, 6) is -0.446. The number of nitriles is 1. The van der Waals surface area contributed by atoms with Crippen molar-refractivity contribution >= 4 is 28.1 Å². The molecular formula is C25H21BrFN3O3. The molecule has 0 heterocycles. The first-order valence-electron chi connectivity index (χ1n) is 10.1. The third-order valence-electron chi connectivity index (χ3n) is 4.52. The summed E-state index contributed by atoms with van der Waals surface area (Å²) in [6.07, 6.45) is 1.41. The molecule has 0 aliphatic heterocycles. The van der Waals surface area contributed by atoms with Crippen LogP contribution in [0.3, 0.4) is 0 Å². The molecule has 0 unspecified atom stereocenters. The standard InChI is InChI=1S/C25H21BrFN3O3/c1-3-32-23-12-19(10-21(26)24(23)33-15-18-6-4-5-16(2)9-18)14-29-30-25(31)20-8-7-17(13-28)11-22(20)27/h4-12,14H,3,15H2,1-2H3,(H,30,31)/b29-14-. The molecule has 33 heavy (non-hydrogen) atoms. The molecule has 0 saturated carbocycles. The van der Waals surface area contributed by atoms with Crippen molar-refractivity contribution in [2.24, 2.45) is 5.10 Å². The molecule has 168 valence electrons. The largest absolute Gasteiger partial charge is 0.490 e. The Morgan fingerprint density at radius 2 is 2.03 bits per heavy atom. The van der Waals surface area contributed by atoms with Gasteiger partial charge in [0.2, 0.25) is 0 Å². The van der Waals surface area contributed by atoms with E-state index in [0.717, 1.165) is 17.2 Å². The number of halogens is 2. The number of hydrazone groups is 1. The number of nitrogens with one attached hydrogen (secondary N) is 1.